The van der Waals surface area contributed by atoms with Crippen LogP contribution in [-0.2, 0) is 31.9 Å². The van der Waals surface area contributed by atoms with Crippen molar-refractivity contribution in [3.8, 4) is 33.5 Å². The van der Waals surface area contributed by atoms with Gasteiger partial charge in [0.15, 0.2) is 0 Å². The molecule has 5 aromatic rings. The normalized spacial score (nSPS) is 20.9. The molecule has 9 rings (SSSR count). The molecule has 2 aliphatic heterocycles. The van der Waals surface area contributed by atoms with Gasteiger partial charge in [0.2, 0.25) is 5.91 Å². The second kappa shape index (κ2) is 19.0. The van der Waals surface area contributed by atoms with Gasteiger partial charge in [0.1, 0.15) is 23.4 Å². The lowest BCUT2D eigenvalue weighted by Gasteiger charge is -2.30. The molecule has 2 aromatic heterocycles. The van der Waals surface area contributed by atoms with E-state index in [-0.39, 0.29) is 52.3 Å². The molecule has 4 amide bonds. The van der Waals surface area contributed by atoms with E-state index < -0.39 is 24.3 Å². The summed E-state index contributed by atoms with van der Waals surface area (Å²) in [5.74, 6) is 0.886. The third kappa shape index (κ3) is 9.15. The molecule has 4 aliphatic rings. The average Bonchev–Trinajstić information content (AvgIpc) is 4.20. The lowest BCUT2D eigenvalue weighted by Crippen LogP contribution is -2.51. The summed E-state index contributed by atoms with van der Waals surface area (Å²) in [6.07, 6.45) is 8.70. The second-order valence-electron chi connectivity index (χ2n) is 20.6. The quantitative estimate of drug-likeness (QED) is 0.0989. The summed E-state index contributed by atoms with van der Waals surface area (Å²) < 4.78 is 9.60. The van der Waals surface area contributed by atoms with Crippen LogP contribution in [0.2, 0.25) is 0 Å². The number of fused-ring (bicyclic) bond motifs is 2. The molecule has 0 radical (unpaired) electrons. The Morgan fingerprint density at radius 2 is 1.36 bits per heavy atom. The molecule has 4 N–H and O–H groups in total. The van der Waals surface area contributed by atoms with Gasteiger partial charge >= 0.3 is 12.2 Å². The first-order valence-electron chi connectivity index (χ1n) is 24.4. The smallest absolute Gasteiger partial charge is 0.411 e. The number of hydrogen-bond donors (Lipinski definition) is 4. The maximum Gasteiger partial charge on any atom is 0.411 e. The Bertz CT molecular complexity index is 2910. The standard InChI is InChI=1S/C54H64N8O7/c1-29(2)45(58-52(66)68-7)50(64)61-27-31(5)21-43(61)47-55-26-42(57-47)34-13-11-33(12-14-34)36-16-17-37(40-25-54(24-39(36)40)19-9-10-20-54)35-15-18-41-38(23-35)49(63)60-48(56-41)44-22-32(6)28-62(44)51(65)46(30(3)4)59-53(67)69-8/h11-18,23,26,30-32,43-44,46H,9-10,19-22,24-25,27-28H2,1-8H3,(H,55,57)(H,58,66)(H,59,67)(H,56,60,63)/t31-,32-,43-,44-,46-/m0/s1. The number of nitrogens with one attached hydrogen (secondary N) is 4. The summed E-state index contributed by atoms with van der Waals surface area (Å²) >= 11 is 0. The number of hydrogen-bond acceptors (Lipinski definition) is 9. The predicted molar refractivity (Wildman–Crippen MR) is 264 cm³/mol. The van der Waals surface area contributed by atoms with Crippen LogP contribution in [0.4, 0.5) is 9.59 Å². The molecular weight excluding hydrogens is 873 g/mol. The minimum absolute atomic E-state index is 0.170. The number of carbonyl (C=O) groups is 4. The molecule has 15 heteroatoms. The summed E-state index contributed by atoms with van der Waals surface area (Å²) in [7, 11) is 2.55. The first-order valence-corrected chi connectivity index (χ1v) is 24.4. The molecule has 69 heavy (non-hydrogen) atoms. The summed E-state index contributed by atoms with van der Waals surface area (Å²) in [6, 6.07) is 17.5. The van der Waals surface area contributed by atoms with Crippen LogP contribution in [0, 0.1) is 23.2 Å². The zero-order chi connectivity index (χ0) is 48.9. The van der Waals surface area contributed by atoms with E-state index in [1.165, 1.54) is 56.6 Å². The van der Waals surface area contributed by atoms with Gasteiger partial charge in [-0.05, 0) is 132 Å². The van der Waals surface area contributed by atoms with Gasteiger partial charge in [-0.1, -0.05) is 83.0 Å². The number of aromatic amines is 2. The van der Waals surface area contributed by atoms with Gasteiger partial charge in [0.05, 0.1) is 49.1 Å². The Morgan fingerprint density at radius 1 is 0.768 bits per heavy atom. The van der Waals surface area contributed by atoms with Gasteiger partial charge in [-0.2, -0.15) is 0 Å². The lowest BCUT2D eigenvalue weighted by atomic mass is 9.82. The second-order valence-corrected chi connectivity index (χ2v) is 20.6. The number of imidazole rings is 1. The van der Waals surface area contributed by atoms with Crippen LogP contribution in [-0.4, -0.2) is 87.1 Å². The predicted octanol–water partition coefficient (Wildman–Crippen LogP) is 9.16. The van der Waals surface area contributed by atoms with Crippen LogP contribution < -0.4 is 16.2 Å². The van der Waals surface area contributed by atoms with E-state index in [4.69, 9.17) is 19.4 Å². The van der Waals surface area contributed by atoms with Gasteiger partial charge in [-0.15, -0.1) is 0 Å². The minimum atomic E-state index is -0.784. The Morgan fingerprint density at radius 3 is 1.99 bits per heavy atom. The first kappa shape index (κ1) is 47.3. The third-order valence-electron chi connectivity index (χ3n) is 15.0. The largest absolute Gasteiger partial charge is 0.453 e. The molecule has 2 aliphatic carbocycles. The highest BCUT2D eigenvalue weighted by molar-refractivity contribution is 5.97. The number of H-pyrrole nitrogens is 2. The van der Waals surface area contributed by atoms with Crippen molar-refractivity contribution in [3.63, 3.8) is 0 Å². The molecule has 4 heterocycles. The molecule has 0 bridgehead atoms. The van der Waals surface area contributed by atoms with E-state index in [1.807, 2.05) is 32.2 Å². The van der Waals surface area contributed by atoms with Crippen LogP contribution in [0.5, 0.6) is 0 Å². The summed E-state index contributed by atoms with van der Waals surface area (Å²) in [5, 5.41) is 5.81. The number of aromatic nitrogens is 4. The molecule has 3 aromatic carbocycles. The monoisotopic (exact) mass is 936 g/mol. The van der Waals surface area contributed by atoms with E-state index in [0.29, 0.717) is 47.6 Å². The Balaban J connectivity index is 0.985. The van der Waals surface area contributed by atoms with Crippen LogP contribution in [0.15, 0.2) is 76.9 Å². The van der Waals surface area contributed by atoms with Crippen molar-refractivity contribution in [3.05, 3.63) is 105 Å². The molecule has 362 valence electrons. The number of amides is 4. The molecule has 5 atom stereocenters. The van der Waals surface area contributed by atoms with Crippen molar-refractivity contribution in [1.82, 2.24) is 40.4 Å². The van der Waals surface area contributed by atoms with E-state index >= 15 is 0 Å². The van der Waals surface area contributed by atoms with E-state index in [2.05, 4.69) is 76.9 Å². The Kier molecular flexibility index (Phi) is 13.0. The molecule has 1 spiro atoms. The van der Waals surface area contributed by atoms with Crippen LogP contribution >= 0.6 is 0 Å². The molecule has 2 saturated heterocycles. The fourth-order valence-electron chi connectivity index (χ4n) is 11.5. The van der Waals surface area contributed by atoms with Crippen LogP contribution in [0.1, 0.15) is 115 Å². The van der Waals surface area contributed by atoms with Crippen LogP contribution in [0.3, 0.4) is 0 Å². The number of alkyl carbamates (subject to hydrolysis) is 2. The van der Waals surface area contributed by atoms with Crippen molar-refractivity contribution in [2.24, 2.45) is 23.2 Å². The zero-order valence-corrected chi connectivity index (χ0v) is 41.0. The number of allylic oxidation sites excluding steroid dienone is 1. The number of nitrogens with zero attached hydrogens (tertiary/aromatic N) is 4. The lowest BCUT2D eigenvalue weighted by molar-refractivity contribution is -0.135. The summed E-state index contributed by atoms with van der Waals surface area (Å²) in [4.78, 5) is 85.9. The van der Waals surface area contributed by atoms with Crippen LogP contribution in [0.25, 0.3) is 44.4 Å². The molecule has 3 fully saturated rings. The third-order valence-corrected chi connectivity index (χ3v) is 15.0. The maximum atomic E-state index is 14.0. The fraction of sp³-hybridized carbons (Fsp3) is 0.463. The maximum absolute atomic E-state index is 14.0. The molecule has 1 saturated carbocycles. The molecule has 0 unspecified atom stereocenters. The average molecular weight is 937 g/mol. The SMILES string of the molecule is COC(=O)NC(C(=O)N1C[C@@H](C)C[C@H]1c1ncc(-c2ccc(-c3ccc(-c4ccc5nc([C@@H]6C[C@H](C)CN6C(=O)[C@@H](NC(=O)OC)C(C)C)[nH]c(=O)c5c4)c4c3CC3(CCCC3)C4)cc2)[nH]1)=C(C)C. The number of methoxy groups -OCH3 is 2. The number of ether oxygens (including phenoxy) is 2. The van der Waals surface area contributed by atoms with Gasteiger partial charge in [-0.3, -0.25) is 19.7 Å². The van der Waals surface area contributed by atoms with E-state index in [1.54, 1.807) is 23.6 Å². The van der Waals surface area contributed by atoms with Crippen molar-refractivity contribution >= 4 is 34.9 Å². The Labute approximate surface area is 402 Å². The zero-order valence-electron chi connectivity index (χ0n) is 41.0. The number of carbonyl (C=O) groups excluding carboxylic acids is 4. The summed E-state index contributed by atoms with van der Waals surface area (Å²) in [5.41, 5.74) is 10.4. The van der Waals surface area contributed by atoms with Crippen molar-refractivity contribution in [1.29, 1.82) is 0 Å². The van der Waals surface area contributed by atoms with Gasteiger partial charge in [0, 0.05) is 13.1 Å². The molecule has 15 nitrogen and oxygen atoms in total. The fourth-order valence-corrected chi connectivity index (χ4v) is 11.5. The topological polar surface area (TPSA) is 192 Å². The van der Waals surface area contributed by atoms with Gasteiger partial charge in [-0.25, -0.2) is 19.6 Å². The van der Waals surface area contributed by atoms with Crippen molar-refractivity contribution in [2.45, 2.75) is 111 Å². The minimum Gasteiger partial charge on any atom is -0.453 e. The van der Waals surface area contributed by atoms with Crippen molar-refractivity contribution in [2.75, 3.05) is 27.3 Å². The van der Waals surface area contributed by atoms with E-state index in [0.717, 1.165) is 47.2 Å². The number of likely N-dealkylation sites (tertiary alicyclic amines) is 2. The highest BCUT2D eigenvalue weighted by Gasteiger charge is 2.43. The summed E-state index contributed by atoms with van der Waals surface area (Å²) in [6.45, 7) is 12.5. The highest BCUT2D eigenvalue weighted by Crippen LogP contribution is 2.53. The number of rotatable bonds is 10. The van der Waals surface area contributed by atoms with Gasteiger partial charge in [0.25, 0.3) is 11.5 Å². The van der Waals surface area contributed by atoms with Crippen molar-refractivity contribution < 1.29 is 28.7 Å². The van der Waals surface area contributed by atoms with Gasteiger partial charge < -0.3 is 34.6 Å². The van der Waals surface area contributed by atoms with E-state index in [9.17, 15) is 24.0 Å². The highest BCUT2D eigenvalue weighted by atomic mass is 16.5. The Hall–Kier alpha value is -6.77. The molecular formula is C54H64N8O7. The first-order chi connectivity index (χ1) is 33.1. The number of benzene rings is 3.